The maximum absolute atomic E-state index is 13.1. The van der Waals surface area contributed by atoms with E-state index in [0.717, 1.165) is 12.2 Å². The first-order valence-electron chi connectivity index (χ1n) is 10.1. The third kappa shape index (κ3) is 6.19. The second kappa shape index (κ2) is 12.4. The molecule has 1 aromatic rings. The first-order valence-corrected chi connectivity index (χ1v) is 12.0. The monoisotopic (exact) mass is 486 g/mol. The van der Waals surface area contributed by atoms with E-state index in [9.17, 15) is 9.59 Å². The Morgan fingerprint density at radius 2 is 1.77 bits per heavy atom. The van der Waals surface area contributed by atoms with Crippen LogP contribution in [0.15, 0.2) is 40.7 Å². The molecule has 0 bridgehead atoms. The van der Waals surface area contributed by atoms with Crippen molar-refractivity contribution in [3.05, 3.63) is 56.3 Å². The lowest BCUT2D eigenvalue weighted by atomic mass is 9.80. The quantitative estimate of drug-likeness (QED) is 0.373. The van der Waals surface area contributed by atoms with Gasteiger partial charge in [-0.2, -0.15) is 11.8 Å². The topological polar surface area (TPSA) is 90.6 Å². The molecule has 0 fully saturated rings. The number of halogens is 2. The summed E-state index contributed by atoms with van der Waals surface area (Å²) in [6.45, 7) is 6.24. The Morgan fingerprint density at radius 1 is 1.13 bits per heavy atom. The zero-order valence-corrected chi connectivity index (χ0v) is 20.3. The molecule has 0 saturated carbocycles. The van der Waals surface area contributed by atoms with Gasteiger partial charge in [0.25, 0.3) is 0 Å². The van der Waals surface area contributed by atoms with Gasteiger partial charge in [-0.25, -0.2) is 9.59 Å². The molecular formula is C22H28Cl2N2O4S. The average Bonchev–Trinajstić information content (AvgIpc) is 2.73. The molecule has 1 aromatic carbocycles. The van der Waals surface area contributed by atoms with Crippen molar-refractivity contribution in [1.82, 2.24) is 5.32 Å². The average molecular weight is 487 g/mol. The molecule has 3 N–H and O–H groups in total. The van der Waals surface area contributed by atoms with Gasteiger partial charge in [0.2, 0.25) is 0 Å². The number of ether oxygens (including phenoxy) is 2. The summed E-state index contributed by atoms with van der Waals surface area (Å²) in [5.41, 5.74) is 8.05. The number of carbonyl (C=O) groups is 2. The summed E-state index contributed by atoms with van der Waals surface area (Å²) in [4.78, 5) is 26.0. The van der Waals surface area contributed by atoms with Crippen LogP contribution in [-0.2, 0) is 19.1 Å². The summed E-state index contributed by atoms with van der Waals surface area (Å²) < 4.78 is 10.7. The largest absolute Gasteiger partial charge is 0.463 e. The van der Waals surface area contributed by atoms with Gasteiger partial charge >= 0.3 is 11.9 Å². The lowest BCUT2D eigenvalue weighted by Gasteiger charge is -2.32. The summed E-state index contributed by atoms with van der Waals surface area (Å²) in [6, 6.07) is 5.16. The highest BCUT2D eigenvalue weighted by Crippen LogP contribution is 2.44. The van der Waals surface area contributed by atoms with Gasteiger partial charge in [0.1, 0.15) is 0 Å². The SMILES string of the molecule is CCOC(=O)C1=C(C)NC(CSCCCN)=C(C(=O)OCC)C1c1cccc(Cl)c1Cl. The number of thioether (sulfide) groups is 1. The second-order valence-corrected chi connectivity index (χ2v) is 8.66. The molecule has 2 rings (SSSR count). The Labute approximate surface area is 197 Å². The predicted octanol–water partition coefficient (Wildman–Crippen LogP) is 4.42. The molecule has 0 aromatic heterocycles. The van der Waals surface area contributed by atoms with Gasteiger partial charge in [-0.3, -0.25) is 0 Å². The van der Waals surface area contributed by atoms with E-state index in [0.29, 0.717) is 45.4 Å². The summed E-state index contributed by atoms with van der Waals surface area (Å²) in [6.07, 6.45) is 0.860. The number of carbonyl (C=O) groups excluding carboxylic acids is 2. The molecule has 0 aliphatic carbocycles. The third-order valence-electron chi connectivity index (χ3n) is 4.67. The van der Waals surface area contributed by atoms with Gasteiger partial charge in [-0.05, 0) is 51.1 Å². The van der Waals surface area contributed by atoms with Gasteiger partial charge < -0.3 is 20.5 Å². The van der Waals surface area contributed by atoms with E-state index in [1.165, 1.54) is 0 Å². The lowest BCUT2D eigenvalue weighted by Crippen LogP contribution is -2.34. The van der Waals surface area contributed by atoms with E-state index in [1.807, 2.05) is 0 Å². The third-order valence-corrected chi connectivity index (χ3v) is 6.57. The summed E-state index contributed by atoms with van der Waals surface area (Å²) in [7, 11) is 0. The van der Waals surface area contributed by atoms with Crippen LogP contribution in [0.3, 0.4) is 0 Å². The maximum Gasteiger partial charge on any atom is 0.336 e. The van der Waals surface area contributed by atoms with Crippen LogP contribution in [0.1, 0.15) is 38.7 Å². The molecule has 6 nitrogen and oxygen atoms in total. The second-order valence-electron chi connectivity index (χ2n) is 6.77. The standard InChI is InChI=1S/C22H28Cl2N2O4S/c1-4-29-21(27)17-13(3)26-16(12-31-11-7-10-25)19(22(28)30-5-2)18(17)14-8-6-9-15(23)20(14)24/h6,8-9,18,26H,4-5,7,10-12,25H2,1-3H3. The van der Waals surface area contributed by atoms with E-state index < -0.39 is 17.9 Å². The number of dihydropyridines is 1. The van der Waals surface area contributed by atoms with Crippen LogP contribution in [0.25, 0.3) is 0 Å². The summed E-state index contributed by atoms with van der Waals surface area (Å²) in [5.74, 6) is -0.440. The minimum absolute atomic E-state index is 0.198. The first kappa shape index (κ1) is 25.6. The predicted molar refractivity (Wildman–Crippen MR) is 126 cm³/mol. The fourth-order valence-electron chi connectivity index (χ4n) is 3.35. The Morgan fingerprint density at radius 3 is 2.39 bits per heavy atom. The van der Waals surface area contributed by atoms with E-state index in [4.69, 9.17) is 38.4 Å². The van der Waals surface area contributed by atoms with Crippen LogP contribution < -0.4 is 11.1 Å². The number of hydrogen-bond acceptors (Lipinski definition) is 7. The van der Waals surface area contributed by atoms with Gasteiger partial charge in [0.15, 0.2) is 0 Å². The molecule has 1 atom stereocenters. The van der Waals surface area contributed by atoms with Crippen LogP contribution in [0.4, 0.5) is 0 Å². The van der Waals surface area contributed by atoms with Gasteiger partial charge in [0, 0.05) is 17.1 Å². The Bertz CT molecular complexity index is 886. The first-order chi connectivity index (χ1) is 14.9. The van der Waals surface area contributed by atoms with Crippen molar-refractivity contribution in [2.24, 2.45) is 5.73 Å². The summed E-state index contributed by atoms with van der Waals surface area (Å²) in [5, 5.41) is 3.85. The Balaban J connectivity index is 2.67. The highest BCUT2D eigenvalue weighted by atomic mass is 35.5. The fourth-order valence-corrected chi connectivity index (χ4v) is 4.72. The minimum atomic E-state index is -0.768. The lowest BCUT2D eigenvalue weighted by molar-refractivity contribution is -0.139. The van der Waals surface area contributed by atoms with Crippen LogP contribution in [0.2, 0.25) is 10.0 Å². The molecule has 31 heavy (non-hydrogen) atoms. The molecular weight excluding hydrogens is 459 g/mol. The van der Waals surface area contributed by atoms with E-state index in [1.54, 1.807) is 50.7 Å². The van der Waals surface area contributed by atoms with Crippen molar-refractivity contribution in [3.63, 3.8) is 0 Å². The van der Waals surface area contributed by atoms with Crippen molar-refractivity contribution >= 4 is 46.9 Å². The van der Waals surface area contributed by atoms with Crippen LogP contribution in [0, 0.1) is 0 Å². The number of nitrogens with one attached hydrogen (secondary N) is 1. The highest BCUT2D eigenvalue weighted by molar-refractivity contribution is 7.99. The van der Waals surface area contributed by atoms with Crippen molar-refractivity contribution in [1.29, 1.82) is 0 Å². The van der Waals surface area contributed by atoms with Crippen LogP contribution >= 0.6 is 35.0 Å². The smallest absolute Gasteiger partial charge is 0.336 e. The Kier molecular flexibility index (Phi) is 10.2. The normalized spacial score (nSPS) is 16.3. The van der Waals surface area contributed by atoms with Crippen LogP contribution in [-0.4, -0.2) is 43.2 Å². The van der Waals surface area contributed by atoms with Crippen molar-refractivity contribution < 1.29 is 19.1 Å². The molecule has 170 valence electrons. The zero-order valence-electron chi connectivity index (χ0n) is 17.9. The van der Waals surface area contributed by atoms with Crippen LogP contribution in [0.5, 0.6) is 0 Å². The number of rotatable bonds is 10. The highest BCUT2D eigenvalue weighted by Gasteiger charge is 2.40. The zero-order chi connectivity index (χ0) is 23.0. The van der Waals surface area contributed by atoms with Crippen molar-refractivity contribution in [2.75, 3.05) is 31.3 Å². The molecule has 0 amide bonds. The summed E-state index contributed by atoms with van der Waals surface area (Å²) >= 11 is 14.5. The number of allylic oxidation sites excluding steroid dienone is 1. The molecule has 1 unspecified atom stereocenters. The van der Waals surface area contributed by atoms with Gasteiger partial charge in [-0.15, -0.1) is 0 Å². The minimum Gasteiger partial charge on any atom is -0.463 e. The maximum atomic E-state index is 13.1. The molecule has 0 radical (unpaired) electrons. The molecule has 1 aliphatic rings. The number of hydrogen-bond donors (Lipinski definition) is 2. The van der Waals surface area contributed by atoms with Crippen molar-refractivity contribution in [2.45, 2.75) is 33.1 Å². The van der Waals surface area contributed by atoms with Gasteiger partial charge in [0.05, 0.1) is 40.3 Å². The van der Waals surface area contributed by atoms with E-state index in [-0.39, 0.29) is 18.2 Å². The van der Waals surface area contributed by atoms with Gasteiger partial charge in [-0.1, -0.05) is 35.3 Å². The fraction of sp³-hybridized carbons (Fsp3) is 0.455. The van der Waals surface area contributed by atoms with E-state index >= 15 is 0 Å². The number of nitrogens with two attached hydrogens (primary N) is 1. The van der Waals surface area contributed by atoms with Crippen molar-refractivity contribution in [3.8, 4) is 0 Å². The molecule has 1 heterocycles. The molecule has 0 saturated heterocycles. The van der Waals surface area contributed by atoms with E-state index in [2.05, 4.69) is 5.32 Å². The number of benzene rings is 1. The molecule has 0 spiro atoms. The molecule has 1 aliphatic heterocycles. The number of esters is 2. The Hall–Kier alpha value is -1.67. The molecule has 9 heteroatoms.